The molecule has 10 nitrogen and oxygen atoms in total. The molecule has 4 atom stereocenters. The molecule has 0 aromatic rings. The van der Waals surface area contributed by atoms with Crippen molar-refractivity contribution in [3.8, 4) is 0 Å². The summed E-state index contributed by atoms with van der Waals surface area (Å²) in [7, 11) is 1.06. The van der Waals surface area contributed by atoms with Crippen LogP contribution in [-0.2, 0) is 37.4 Å². The fourth-order valence-corrected chi connectivity index (χ4v) is 6.32. The first-order valence-corrected chi connectivity index (χ1v) is 24.2. The predicted molar refractivity (Wildman–Crippen MR) is 249 cm³/mol. The lowest BCUT2D eigenvalue weighted by atomic mass is 10.1. The summed E-state index contributed by atoms with van der Waals surface area (Å²) in [6.07, 6.45) is 53.2. The van der Waals surface area contributed by atoms with E-state index in [1.807, 2.05) is 39.4 Å². The van der Waals surface area contributed by atoms with Gasteiger partial charge in [-0.05, 0) is 83.5 Å². The van der Waals surface area contributed by atoms with Crippen LogP contribution < -0.4 is 4.89 Å². The molecule has 1 rings (SSSR count). The Morgan fingerprint density at radius 2 is 1.15 bits per heavy atom. The lowest BCUT2D eigenvalue weighted by molar-refractivity contribution is -0.870. The Hall–Kier alpha value is -3.37. The molecule has 0 radical (unpaired) electrons. The molecule has 0 amide bonds. The minimum Gasteiger partial charge on any atom is -0.756 e. The van der Waals surface area contributed by atoms with Crippen molar-refractivity contribution in [2.24, 2.45) is 0 Å². The van der Waals surface area contributed by atoms with Crippen molar-refractivity contribution in [2.75, 3.05) is 47.5 Å². The van der Waals surface area contributed by atoms with E-state index in [9.17, 15) is 19.0 Å². The molecular formula is C50H80NO9P. The number of carbonyl (C=O) groups is 2. The van der Waals surface area contributed by atoms with Crippen LogP contribution in [0.4, 0.5) is 0 Å². The number of rotatable bonds is 38. The van der Waals surface area contributed by atoms with Crippen LogP contribution in [0.15, 0.2) is 109 Å². The van der Waals surface area contributed by atoms with Crippen LogP contribution in [0.2, 0.25) is 0 Å². The molecule has 1 heterocycles. The average Bonchev–Trinajstić information content (AvgIpc) is 3.97. The molecule has 11 heteroatoms. The highest BCUT2D eigenvalue weighted by Gasteiger charge is 2.36. The topological polar surface area (TPSA) is 124 Å². The van der Waals surface area contributed by atoms with Gasteiger partial charge >= 0.3 is 11.9 Å². The second-order valence-corrected chi connectivity index (χ2v) is 17.5. The molecule has 1 aliphatic rings. The zero-order valence-electron chi connectivity index (χ0n) is 38.2. The molecular weight excluding hydrogens is 790 g/mol. The van der Waals surface area contributed by atoms with Gasteiger partial charge in [0.15, 0.2) is 6.10 Å². The number of ether oxygens (including phenoxy) is 3. The van der Waals surface area contributed by atoms with E-state index >= 15 is 0 Å². The molecule has 344 valence electrons. The van der Waals surface area contributed by atoms with Gasteiger partial charge in [-0.1, -0.05) is 142 Å². The first-order chi connectivity index (χ1) is 29.5. The standard InChI is InChI=1S/C50H80NO9P/c1-6-8-10-11-12-13-14-15-16-17-18-19-20-21-22-27-30-33-37-41-50(53)59-46(45-58-61(54,55)57-43-42-51(3,4)5)44-56-49(52)40-36-32-29-26-24-23-25-28-31-35-39-48-47(60-48)38-34-9-7-2/h8,10,12-13,15-16,18-19,21-23,25-26,29-31,33,35,46-48H,6-7,9,11,14,17,20,24,27-28,32,34,36-45H2,1-5H3/b10-8-,13-12-,16-15-,19-18-,22-21-,25-23-,29-26-,33-30-,35-31-/t46-,47?,48?/m1/s1. The van der Waals surface area contributed by atoms with Crippen molar-refractivity contribution in [1.82, 2.24) is 0 Å². The van der Waals surface area contributed by atoms with Crippen molar-refractivity contribution >= 4 is 19.8 Å². The van der Waals surface area contributed by atoms with Crippen LogP contribution in [0.1, 0.15) is 129 Å². The number of nitrogens with zero attached hydrogens (tertiary/aromatic N) is 1. The zero-order chi connectivity index (χ0) is 44.7. The molecule has 0 saturated carbocycles. The molecule has 0 aromatic carbocycles. The van der Waals surface area contributed by atoms with Crippen LogP contribution in [0.3, 0.4) is 0 Å². The minimum absolute atomic E-state index is 0.0615. The van der Waals surface area contributed by atoms with Gasteiger partial charge in [0.1, 0.15) is 19.8 Å². The number of phosphoric acid groups is 1. The van der Waals surface area contributed by atoms with Gasteiger partial charge in [0, 0.05) is 12.8 Å². The molecule has 0 aromatic heterocycles. The summed E-state index contributed by atoms with van der Waals surface area (Å²) in [6.45, 7) is 3.89. The molecule has 61 heavy (non-hydrogen) atoms. The number of likely N-dealkylation sites (N-methyl/N-ethyl adjacent to an activating group) is 1. The number of quaternary nitrogens is 1. The Balaban J connectivity index is 2.37. The normalized spacial score (nSPS) is 17.9. The number of esters is 2. The lowest BCUT2D eigenvalue weighted by Gasteiger charge is -2.28. The highest BCUT2D eigenvalue weighted by molar-refractivity contribution is 7.45. The van der Waals surface area contributed by atoms with Gasteiger partial charge in [0.05, 0.1) is 40.0 Å². The maximum atomic E-state index is 12.7. The molecule has 1 fully saturated rings. The highest BCUT2D eigenvalue weighted by Crippen LogP contribution is 2.38. The lowest BCUT2D eigenvalue weighted by Crippen LogP contribution is -2.37. The Morgan fingerprint density at radius 1 is 0.623 bits per heavy atom. The van der Waals surface area contributed by atoms with E-state index in [1.54, 1.807) is 0 Å². The zero-order valence-corrected chi connectivity index (χ0v) is 39.1. The molecule has 1 aliphatic heterocycles. The van der Waals surface area contributed by atoms with E-state index in [0.717, 1.165) is 57.8 Å². The van der Waals surface area contributed by atoms with Gasteiger partial charge < -0.3 is 32.6 Å². The van der Waals surface area contributed by atoms with E-state index in [0.29, 0.717) is 42.5 Å². The largest absolute Gasteiger partial charge is 0.756 e. The third-order valence-electron chi connectivity index (χ3n) is 9.21. The minimum atomic E-state index is -4.67. The van der Waals surface area contributed by atoms with E-state index in [2.05, 4.69) is 105 Å². The Bertz CT molecular complexity index is 1470. The van der Waals surface area contributed by atoms with Crippen LogP contribution in [0.5, 0.6) is 0 Å². The maximum absolute atomic E-state index is 12.7. The Labute approximate surface area is 370 Å². The number of hydrogen-bond donors (Lipinski definition) is 0. The highest BCUT2D eigenvalue weighted by atomic mass is 31.2. The molecule has 1 saturated heterocycles. The predicted octanol–water partition coefficient (Wildman–Crippen LogP) is 11.5. The molecule has 3 unspecified atom stereocenters. The third kappa shape index (κ3) is 38.1. The number of allylic oxidation sites excluding steroid dienone is 17. The van der Waals surface area contributed by atoms with E-state index < -0.39 is 32.5 Å². The van der Waals surface area contributed by atoms with Crippen molar-refractivity contribution in [1.29, 1.82) is 0 Å². The summed E-state index contributed by atoms with van der Waals surface area (Å²) in [5, 5.41) is 0. The second-order valence-electron chi connectivity index (χ2n) is 16.1. The quantitative estimate of drug-likeness (QED) is 0.0149. The monoisotopic (exact) mass is 870 g/mol. The SMILES string of the molecule is CC/C=C\C/C=C\C/C=C\C/C=C\C/C=C\C/C=C\CCC(=O)O[C@H](COC(=O)CCC/C=C\C/C=C\C/C=C\CC1OC1CCCCC)COP(=O)([O-])OCC[N+](C)(C)C. The van der Waals surface area contributed by atoms with Gasteiger partial charge in [-0.3, -0.25) is 14.2 Å². The molecule has 0 N–H and O–H groups in total. The smallest absolute Gasteiger partial charge is 0.306 e. The Kier molecular flexibility index (Phi) is 33.9. The summed E-state index contributed by atoms with van der Waals surface area (Å²) in [6, 6.07) is 0. The molecule has 0 spiro atoms. The summed E-state index contributed by atoms with van der Waals surface area (Å²) in [5.41, 5.74) is 0. The average molecular weight is 870 g/mol. The summed E-state index contributed by atoms with van der Waals surface area (Å²) in [4.78, 5) is 37.5. The van der Waals surface area contributed by atoms with Crippen molar-refractivity contribution in [2.45, 2.75) is 148 Å². The second kappa shape index (κ2) is 37.2. The van der Waals surface area contributed by atoms with E-state index in [1.165, 1.54) is 25.7 Å². The number of hydrogen-bond acceptors (Lipinski definition) is 9. The van der Waals surface area contributed by atoms with Gasteiger partial charge in [-0.15, -0.1) is 0 Å². The van der Waals surface area contributed by atoms with Crippen LogP contribution >= 0.6 is 7.82 Å². The van der Waals surface area contributed by atoms with Gasteiger partial charge in [0.2, 0.25) is 0 Å². The Morgan fingerprint density at radius 3 is 1.69 bits per heavy atom. The summed E-state index contributed by atoms with van der Waals surface area (Å²) >= 11 is 0. The van der Waals surface area contributed by atoms with Crippen molar-refractivity contribution in [3.05, 3.63) is 109 Å². The number of unbranched alkanes of at least 4 members (excludes halogenated alkanes) is 3. The van der Waals surface area contributed by atoms with Gasteiger partial charge in [-0.2, -0.15) is 0 Å². The van der Waals surface area contributed by atoms with Gasteiger partial charge in [-0.25, -0.2) is 0 Å². The van der Waals surface area contributed by atoms with E-state index in [-0.39, 0.29) is 26.1 Å². The number of carbonyl (C=O) groups excluding carboxylic acids is 2. The number of epoxide rings is 1. The number of phosphoric ester groups is 1. The van der Waals surface area contributed by atoms with Crippen molar-refractivity contribution in [3.63, 3.8) is 0 Å². The third-order valence-corrected chi connectivity index (χ3v) is 10.2. The first-order valence-electron chi connectivity index (χ1n) is 22.7. The first kappa shape index (κ1) is 55.6. The molecule has 0 bridgehead atoms. The fraction of sp³-hybridized carbons (Fsp3) is 0.600. The van der Waals surface area contributed by atoms with Gasteiger partial charge in [0.25, 0.3) is 7.82 Å². The van der Waals surface area contributed by atoms with E-state index in [4.69, 9.17) is 23.3 Å². The fourth-order valence-electron chi connectivity index (χ4n) is 5.59. The maximum Gasteiger partial charge on any atom is 0.306 e. The van der Waals surface area contributed by atoms with Crippen LogP contribution in [0, 0.1) is 0 Å². The van der Waals surface area contributed by atoms with Crippen LogP contribution in [-0.4, -0.2) is 82.2 Å². The molecule has 0 aliphatic carbocycles. The van der Waals surface area contributed by atoms with Crippen LogP contribution in [0.25, 0.3) is 0 Å². The summed E-state index contributed by atoms with van der Waals surface area (Å²) < 4.78 is 39.5. The van der Waals surface area contributed by atoms with Crippen molar-refractivity contribution < 1.29 is 46.8 Å². The summed E-state index contributed by atoms with van der Waals surface area (Å²) in [5.74, 6) is -1.02.